The van der Waals surface area contributed by atoms with E-state index >= 15 is 0 Å². The monoisotopic (exact) mass is 606 g/mol. The molecule has 2 aliphatic rings. The highest BCUT2D eigenvalue weighted by atomic mass is 32.2. The molecule has 0 spiro atoms. The number of esters is 2. The van der Waals surface area contributed by atoms with E-state index in [1.54, 1.807) is 5.41 Å². The minimum atomic E-state index is -1.16. The van der Waals surface area contributed by atoms with E-state index in [9.17, 15) is 24.3 Å². The number of ether oxygens (including phenoxy) is 2. The number of aliphatic hydroxyl groups is 1. The number of carbonyl (C=O) groups excluding carboxylic acids is 4. The van der Waals surface area contributed by atoms with Gasteiger partial charge in [-0.2, -0.15) is 0 Å². The number of amides is 2. The van der Waals surface area contributed by atoms with Gasteiger partial charge in [0, 0.05) is 10.5 Å². The lowest BCUT2D eigenvalue weighted by Crippen LogP contribution is -2.74. The molecule has 0 radical (unpaired) electrons. The lowest BCUT2D eigenvalue weighted by atomic mass is 9.97. The molecule has 3 unspecified atom stereocenters. The molecule has 1 aromatic heterocycles. The normalized spacial score (nSPS) is 20.2. The first-order valence-corrected chi connectivity index (χ1v) is 15.3. The van der Waals surface area contributed by atoms with Crippen molar-refractivity contribution >= 4 is 46.9 Å². The standard InChI is InChI=1S/C31H30N2O7S2/c1-19(34)15-25(36)39-17-22-18-42-30-26(32-24(35)16-23-13-8-14-41-23)29(37)33(30)27(22)31(38)40-28(20-9-4-2-5-10-20)21-11-6-3-7-12-21/h2-14,18-19,26-28,30,34H,15-17H2,1H3,(H,32,35)/t19?,26?,27?,30-/m1/s1. The molecule has 11 heteroatoms. The molecular weight excluding hydrogens is 576 g/mol. The van der Waals surface area contributed by atoms with Crippen LogP contribution in [0.15, 0.2) is 89.2 Å². The Bertz CT molecular complexity index is 1400. The summed E-state index contributed by atoms with van der Waals surface area (Å²) in [6.45, 7) is 1.21. The number of thiophene rings is 1. The summed E-state index contributed by atoms with van der Waals surface area (Å²) in [6, 6.07) is 20.3. The summed E-state index contributed by atoms with van der Waals surface area (Å²) >= 11 is 2.72. The molecule has 1 saturated heterocycles. The van der Waals surface area contributed by atoms with E-state index < -0.39 is 47.5 Å². The van der Waals surface area contributed by atoms with E-state index in [0.29, 0.717) is 5.57 Å². The zero-order chi connectivity index (χ0) is 29.6. The number of nitrogens with one attached hydrogen (secondary N) is 1. The Morgan fingerprint density at radius 1 is 1.00 bits per heavy atom. The summed E-state index contributed by atoms with van der Waals surface area (Å²) < 4.78 is 11.4. The summed E-state index contributed by atoms with van der Waals surface area (Å²) in [5.41, 5.74) is 1.87. The molecule has 0 bridgehead atoms. The Labute approximate surface area is 251 Å². The highest BCUT2D eigenvalue weighted by Gasteiger charge is 2.56. The Hall–Kier alpha value is -3.93. The van der Waals surface area contributed by atoms with Crippen LogP contribution in [0, 0.1) is 0 Å². The first-order valence-electron chi connectivity index (χ1n) is 13.4. The molecule has 2 amide bonds. The second kappa shape index (κ2) is 13.4. The van der Waals surface area contributed by atoms with E-state index in [-0.39, 0.29) is 25.4 Å². The van der Waals surface area contributed by atoms with Crippen molar-refractivity contribution in [1.82, 2.24) is 10.2 Å². The molecule has 2 aromatic carbocycles. The van der Waals surface area contributed by atoms with E-state index in [4.69, 9.17) is 9.47 Å². The van der Waals surface area contributed by atoms with Crippen LogP contribution in [0.3, 0.4) is 0 Å². The van der Waals surface area contributed by atoms with E-state index in [1.807, 2.05) is 78.2 Å². The van der Waals surface area contributed by atoms with Crippen molar-refractivity contribution in [2.24, 2.45) is 0 Å². The lowest BCUT2D eigenvalue weighted by molar-refractivity contribution is -0.166. The number of rotatable bonds is 11. The number of fused-ring (bicyclic) bond motifs is 1. The Morgan fingerprint density at radius 3 is 2.26 bits per heavy atom. The van der Waals surface area contributed by atoms with Crippen molar-refractivity contribution in [2.75, 3.05) is 6.61 Å². The van der Waals surface area contributed by atoms with Crippen LogP contribution >= 0.6 is 23.1 Å². The Morgan fingerprint density at radius 2 is 1.67 bits per heavy atom. The first-order chi connectivity index (χ1) is 20.3. The van der Waals surface area contributed by atoms with Gasteiger partial charge in [0.15, 0.2) is 12.1 Å². The number of β-lactam (4-membered cyclic amide) rings is 1. The van der Waals surface area contributed by atoms with Crippen LogP contribution in [0.5, 0.6) is 0 Å². The molecule has 0 aliphatic carbocycles. The van der Waals surface area contributed by atoms with Gasteiger partial charge in [-0.3, -0.25) is 14.4 Å². The number of nitrogens with zero attached hydrogens (tertiary/aromatic N) is 1. The Balaban J connectivity index is 1.38. The van der Waals surface area contributed by atoms with Gasteiger partial charge in [0.25, 0.3) is 0 Å². The highest BCUT2D eigenvalue weighted by Crippen LogP contribution is 2.41. The van der Waals surface area contributed by atoms with E-state index in [0.717, 1.165) is 16.0 Å². The third-order valence-corrected chi connectivity index (χ3v) is 8.92. The fourth-order valence-corrected chi connectivity index (χ4v) is 6.75. The van der Waals surface area contributed by atoms with Crippen LogP contribution in [0.4, 0.5) is 0 Å². The third-order valence-electron chi connectivity index (χ3n) is 6.82. The molecule has 3 aromatic rings. The smallest absolute Gasteiger partial charge is 0.334 e. The molecular formula is C31H30N2O7S2. The van der Waals surface area contributed by atoms with Crippen LogP contribution < -0.4 is 5.32 Å². The average Bonchev–Trinajstić information content (AvgIpc) is 3.50. The van der Waals surface area contributed by atoms with Crippen LogP contribution in [-0.4, -0.2) is 63.9 Å². The second-order valence-corrected chi connectivity index (χ2v) is 12.0. The third kappa shape index (κ3) is 6.75. The number of benzene rings is 2. The molecule has 2 aliphatic heterocycles. The molecule has 42 heavy (non-hydrogen) atoms. The number of aliphatic hydroxyl groups excluding tert-OH is 1. The molecule has 2 N–H and O–H groups in total. The van der Waals surface area contributed by atoms with E-state index in [1.165, 1.54) is 34.9 Å². The second-order valence-electron chi connectivity index (χ2n) is 10.0. The van der Waals surface area contributed by atoms with Gasteiger partial charge in [0.1, 0.15) is 18.0 Å². The predicted molar refractivity (Wildman–Crippen MR) is 158 cm³/mol. The molecule has 0 saturated carbocycles. The van der Waals surface area contributed by atoms with Crippen molar-refractivity contribution in [3.63, 3.8) is 0 Å². The van der Waals surface area contributed by atoms with Gasteiger partial charge >= 0.3 is 11.9 Å². The van der Waals surface area contributed by atoms with Crippen molar-refractivity contribution in [1.29, 1.82) is 0 Å². The van der Waals surface area contributed by atoms with Crippen molar-refractivity contribution in [3.8, 4) is 0 Å². The molecule has 218 valence electrons. The zero-order valence-corrected chi connectivity index (χ0v) is 24.4. The minimum absolute atomic E-state index is 0.153. The fraction of sp³-hybridized carbons (Fsp3) is 0.290. The van der Waals surface area contributed by atoms with Gasteiger partial charge in [-0.15, -0.1) is 23.1 Å². The van der Waals surface area contributed by atoms with Gasteiger partial charge in [-0.05, 0) is 34.9 Å². The highest BCUT2D eigenvalue weighted by molar-refractivity contribution is 8.03. The minimum Gasteiger partial charge on any atom is -0.461 e. The molecule has 1 fully saturated rings. The number of carbonyl (C=O) groups is 4. The molecule has 5 rings (SSSR count). The quantitative estimate of drug-likeness (QED) is 0.251. The van der Waals surface area contributed by atoms with Gasteiger partial charge in [-0.1, -0.05) is 66.7 Å². The maximum Gasteiger partial charge on any atom is 0.334 e. The van der Waals surface area contributed by atoms with Crippen molar-refractivity contribution in [2.45, 2.75) is 49.4 Å². The SMILES string of the molecule is CC(O)CC(=O)OCC1=CS[C@@H]2C(NC(=O)Cc3cccs3)C(=O)N2C1C(=O)OC(c1ccccc1)c1ccccc1. The fourth-order valence-electron chi connectivity index (χ4n) is 4.84. The maximum atomic E-state index is 13.9. The topological polar surface area (TPSA) is 122 Å². The van der Waals surface area contributed by atoms with Crippen LogP contribution in [0.2, 0.25) is 0 Å². The zero-order valence-electron chi connectivity index (χ0n) is 22.8. The van der Waals surface area contributed by atoms with Crippen molar-refractivity contribution in [3.05, 3.63) is 105 Å². The van der Waals surface area contributed by atoms with Crippen LogP contribution in [-0.2, 0) is 35.1 Å². The van der Waals surface area contributed by atoms with Gasteiger partial charge in [0.2, 0.25) is 11.8 Å². The van der Waals surface area contributed by atoms with Gasteiger partial charge in [0.05, 0.1) is 18.9 Å². The maximum absolute atomic E-state index is 13.9. The summed E-state index contributed by atoms with van der Waals surface area (Å²) in [5, 5.41) is 15.4. The summed E-state index contributed by atoms with van der Waals surface area (Å²) in [4.78, 5) is 54.5. The largest absolute Gasteiger partial charge is 0.461 e. The van der Waals surface area contributed by atoms with Gasteiger partial charge < -0.3 is 24.8 Å². The molecule has 9 nitrogen and oxygen atoms in total. The lowest BCUT2D eigenvalue weighted by Gasteiger charge is -2.51. The van der Waals surface area contributed by atoms with Crippen LogP contribution in [0.25, 0.3) is 0 Å². The molecule has 3 heterocycles. The summed E-state index contributed by atoms with van der Waals surface area (Å²) in [5.74, 6) is -2.03. The predicted octanol–water partition coefficient (Wildman–Crippen LogP) is 3.59. The number of hydrogen-bond donors (Lipinski definition) is 2. The Kier molecular flexibility index (Phi) is 9.41. The molecule has 4 atom stereocenters. The summed E-state index contributed by atoms with van der Waals surface area (Å²) in [6.07, 6.45) is -1.68. The van der Waals surface area contributed by atoms with E-state index in [2.05, 4.69) is 5.32 Å². The number of thioether (sulfide) groups is 1. The number of hydrogen-bond acceptors (Lipinski definition) is 9. The van der Waals surface area contributed by atoms with Gasteiger partial charge in [-0.25, -0.2) is 4.79 Å². The average molecular weight is 607 g/mol. The van der Waals surface area contributed by atoms with Crippen LogP contribution in [0.1, 0.15) is 35.5 Å². The first kappa shape index (κ1) is 29.6. The van der Waals surface area contributed by atoms with Crippen molar-refractivity contribution < 1.29 is 33.8 Å². The summed E-state index contributed by atoms with van der Waals surface area (Å²) in [7, 11) is 0.